The van der Waals surface area contributed by atoms with E-state index in [-0.39, 0.29) is 11.5 Å². The number of ether oxygens (including phenoxy) is 1. The second-order valence-electron chi connectivity index (χ2n) is 7.86. The number of amides is 1. The number of methoxy groups -OCH3 is 1. The van der Waals surface area contributed by atoms with Gasteiger partial charge in [-0.2, -0.15) is 10.4 Å². The van der Waals surface area contributed by atoms with E-state index in [9.17, 15) is 14.4 Å². The molecule has 1 aliphatic heterocycles. The Hall–Kier alpha value is -4.19. The number of anilines is 2. The molecule has 2 N–H and O–H groups in total. The Morgan fingerprint density at radius 2 is 2.12 bits per heavy atom. The average molecular weight is 432 g/mol. The van der Waals surface area contributed by atoms with E-state index >= 15 is 0 Å². The Labute approximate surface area is 184 Å². The molecule has 0 saturated carbocycles. The molecule has 162 valence electrons. The Bertz CT molecular complexity index is 1300. The lowest BCUT2D eigenvalue weighted by Gasteiger charge is -2.15. The molecule has 0 aliphatic carbocycles. The van der Waals surface area contributed by atoms with Crippen molar-refractivity contribution < 1.29 is 13.9 Å². The monoisotopic (exact) mass is 432 g/mol. The number of fused-ring (bicyclic) bond motifs is 1. The molecular weight excluding hydrogens is 411 g/mol. The van der Waals surface area contributed by atoms with Crippen LogP contribution in [0.3, 0.4) is 0 Å². The zero-order valence-electron chi connectivity index (χ0n) is 18.0. The highest BCUT2D eigenvalue weighted by atomic mass is 19.1. The zero-order valence-corrected chi connectivity index (χ0v) is 18.0. The first-order valence-corrected chi connectivity index (χ1v) is 9.84. The highest BCUT2D eigenvalue weighted by molar-refractivity contribution is 6.32. The topological polar surface area (TPSA) is 105 Å². The van der Waals surface area contributed by atoms with Crippen LogP contribution in [-0.2, 0) is 10.3 Å². The number of nitrogens with zero attached hydrogens (tertiary/aromatic N) is 4. The van der Waals surface area contributed by atoms with Gasteiger partial charge in [0, 0.05) is 11.3 Å². The van der Waals surface area contributed by atoms with Gasteiger partial charge in [-0.1, -0.05) is 6.07 Å². The van der Waals surface area contributed by atoms with Crippen LogP contribution in [0, 0.1) is 17.1 Å². The molecule has 1 aliphatic rings. The van der Waals surface area contributed by atoms with Crippen molar-refractivity contribution in [1.82, 2.24) is 14.8 Å². The summed E-state index contributed by atoms with van der Waals surface area (Å²) in [7, 11) is 1.46. The van der Waals surface area contributed by atoms with Crippen molar-refractivity contribution in [3.63, 3.8) is 0 Å². The minimum Gasteiger partial charge on any atom is -0.496 e. The number of nitriles is 1. The fraction of sp³-hybridized carbons (Fsp3) is 0.217. The van der Waals surface area contributed by atoms with Crippen LogP contribution in [0.4, 0.5) is 15.8 Å². The molecule has 0 unspecified atom stereocenters. The smallest absolute Gasteiger partial charge is 0.258 e. The third-order valence-corrected chi connectivity index (χ3v) is 5.24. The summed E-state index contributed by atoms with van der Waals surface area (Å²) in [5.41, 5.74) is 2.51. The second-order valence-corrected chi connectivity index (χ2v) is 7.86. The summed E-state index contributed by atoms with van der Waals surface area (Å²) < 4.78 is 21.4. The molecule has 0 spiro atoms. The van der Waals surface area contributed by atoms with E-state index in [1.54, 1.807) is 56.0 Å². The molecule has 32 heavy (non-hydrogen) atoms. The van der Waals surface area contributed by atoms with Crippen LogP contribution in [0.1, 0.15) is 26.3 Å². The maximum Gasteiger partial charge on any atom is 0.258 e. The molecule has 0 fully saturated rings. The molecule has 0 bridgehead atoms. The fourth-order valence-corrected chi connectivity index (χ4v) is 3.52. The molecule has 1 amide bonds. The van der Waals surface area contributed by atoms with Crippen LogP contribution < -0.4 is 15.4 Å². The van der Waals surface area contributed by atoms with E-state index in [1.165, 1.54) is 19.4 Å². The highest BCUT2D eigenvalue weighted by Crippen LogP contribution is 2.38. The number of hydrogen-bond acceptors (Lipinski definition) is 6. The number of rotatable bonds is 5. The van der Waals surface area contributed by atoms with Gasteiger partial charge in [0.2, 0.25) is 0 Å². The SMILES string of the molecule is COc1cccc(F)c1-c1cc2c(cn1)NC(=O)/C2=C(/C)Nc1cnn(C(C)(C)C#N)c1. The van der Waals surface area contributed by atoms with Gasteiger partial charge in [-0.05, 0) is 39.0 Å². The van der Waals surface area contributed by atoms with Gasteiger partial charge in [0.25, 0.3) is 5.91 Å². The summed E-state index contributed by atoms with van der Waals surface area (Å²) in [6.07, 6.45) is 4.78. The molecule has 2 aromatic heterocycles. The Morgan fingerprint density at radius 3 is 2.84 bits per heavy atom. The summed E-state index contributed by atoms with van der Waals surface area (Å²) in [5, 5.41) is 19.5. The van der Waals surface area contributed by atoms with Gasteiger partial charge in [-0.15, -0.1) is 0 Å². The Morgan fingerprint density at radius 1 is 1.34 bits per heavy atom. The van der Waals surface area contributed by atoms with Crippen LogP contribution in [0.2, 0.25) is 0 Å². The summed E-state index contributed by atoms with van der Waals surface area (Å²) in [4.78, 5) is 17.0. The van der Waals surface area contributed by atoms with E-state index in [2.05, 4.69) is 26.8 Å². The molecule has 3 heterocycles. The van der Waals surface area contributed by atoms with E-state index in [4.69, 9.17) is 4.74 Å². The van der Waals surface area contributed by atoms with Crippen LogP contribution in [0.5, 0.6) is 5.75 Å². The normalized spacial score (nSPS) is 14.4. The van der Waals surface area contributed by atoms with E-state index < -0.39 is 11.4 Å². The van der Waals surface area contributed by atoms with Crippen molar-refractivity contribution in [2.45, 2.75) is 26.3 Å². The van der Waals surface area contributed by atoms with E-state index in [0.717, 1.165) is 0 Å². The number of aromatic nitrogens is 3. The quantitative estimate of drug-likeness (QED) is 0.587. The third-order valence-electron chi connectivity index (χ3n) is 5.24. The molecule has 0 saturated heterocycles. The summed E-state index contributed by atoms with van der Waals surface area (Å²) in [6, 6.07) is 8.39. The predicted molar refractivity (Wildman–Crippen MR) is 118 cm³/mol. The first-order chi connectivity index (χ1) is 15.2. The van der Waals surface area contributed by atoms with Crippen molar-refractivity contribution in [3.05, 3.63) is 59.9 Å². The molecule has 8 nitrogen and oxygen atoms in total. The number of hydrogen-bond donors (Lipinski definition) is 2. The lowest BCUT2D eigenvalue weighted by molar-refractivity contribution is -0.110. The van der Waals surface area contributed by atoms with Gasteiger partial charge in [-0.25, -0.2) is 4.39 Å². The molecular formula is C23H21FN6O2. The van der Waals surface area contributed by atoms with Gasteiger partial charge in [0.1, 0.15) is 17.1 Å². The largest absolute Gasteiger partial charge is 0.496 e. The summed E-state index contributed by atoms with van der Waals surface area (Å²) in [5.74, 6) is -0.418. The van der Waals surface area contributed by atoms with Crippen LogP contribution in [0.25, 0.3) is 16.8 Å². The van der Waals surface area contributed by atoms with Crippen molar-refractivity contribution in [2.75, 3.05) is 17.7 Å². The lowest BCUT2D eigenvalue weighted by atomic mass is 10.0. The minimum absolute atomic E-state index is 0.224. The Kier molecular flexibility index (Phi) is 5.14. The molecule has 0 atom stereocenters. The highest BCUT2D eigenvalue weighted by Gasteiger charge is 2.29. The summed E-state index contributed by atoms with van der Waals surface area (Å²) in [6.45, 7) is 5.27. The molecule has 0 radical (unpaired) electrons. The first kappa shape index (κ1) is 21.1. The number of halogens is 1. The number of allylic oxidation sites excluding steroid dienone is 1. The number of carbonyl (C=O) groups excluding carboxylic acids is 1. The lowest BCUT2D eigenvalue weighted by Crippen LogP contribution is -2.24. The van der Waals surface area contributed by atoms with E-state index in [1.807, 2.05) is 0 Å². The average Bonchev–Trinajstić information content (AvgIpc) is 3.36. The zero-order chi connectivity index (χ0) is 23.0. The number of pyridine rings is 1. The maximum atomic E-state index is 14.6. The fourth-order valence-electron chi connectivity index (χ4n) is 3.52. The molecule has 4 rings (SSSR count). The van der Waals surface area contributed by atoms with Crippen LogP contribution >= 0.6 is 0 Å². The van der Waals surface area contributed by atoms with Gasteiger partial charge >= 0.3 is 0 Å². The van der Waals surface area contributed by atoms with Crippen LogP contribution in [-0.4, -0.2) is 27.8 Å². The second kappa shape index (κ2) is 7.81. The number of carbonyl (C=O) groups is 1. The van der Waals surface area contributed by atoms with Crippen molar-refractivity contribution in [3.8, 4) is 23.1 Å². The van der Waals surface area contributed by atoms with Gasteiger partial charge in [0.05, 0.1) is 60.0 Å². The number of benzene rings is 1. The predicted octanol–water partition coefficient (Wildman–Crippen LogP) is 4.15. The molecule has 3 aromatic rings. The van der Waals surface area contributed by atoms with Crippen molar-refractivity contribution >= 4 is 22.9 Å². The third kappa shape index (κ3) is 3.56. The summed E-state index contributed by atoms with van der Waals surface area (Å²) >= 11 is 0. The Balaban J connectivity index is 1.74. The van der Waals surface area contributed by atoms with Gasteiger partial charge in [0.15, 0.2) is 0 Å². The maximum absolute atomic E-state index is 14.6. The van der Waals surface area contributed by atoms with Crippen molar-refractivity contribution in [2.24, 2.45) is 0 Å². The van der Waals surface area contributed by atoms with Crippen molar-refractivity contribution in [1.29, 1.82) is 5.26 Å². The van der Waals surface area contributed by atoms with Gasteiger partial charge < -0.3 is 15.4 Å². The standard InChI is InChI=1S/C23H21FN6O2/c1-13(28-14-9-27-30(11-14)23(2,3)12-25)20-15-8-17(26-10-18(15)29-22(20)31)21-16(24)6-5-7-19(21)32-4/h5-11,28H,1-4H3,(H,29,31)/b20-13-. The minimum atomic E-state index is -0.808. The molecule has 1 aromatic carbocycles. The number of nitrogens with one attached hydrogen (secondary N) is 2. The van der Waals surface area contributed by atoms with Gasteiger partial charge in [-0.3, -0.25) is 14.5 Å². The first-order valence-electron chi connectivity index (χ1n) is 9.84. The van der Waals surface area contributed by atoms with E-state index in [0.29, 0.717) is 39.7 Å². The molecule has 9 heteroatoms. The van der Waals surface area contributed by atoms with Crippen LogP contribution in [0.15, 0.2) is 48.6 Å².